The van der Waals surface area contributed by atoms with E-state index in [4.69, 9.17) is 4.42 Å². The first kappa shape index (κ1) is 16.0. The topological polar surface area (TPSA) is 120 Å². The van der Waals surface area contributed by atoms with Gasteiger partial charge in [0.05, 0.1) is 10.6 Å². The van der Waals surface area contributed by atoms with E-state index in [2.05, 4.69) is 20.2 Å². The molecule has 1 N–H and O–H groups in total. The normalized spacial score (nSPS) is 11.5. The molecule has 4 aromatic rings. The molecule has 2 aromatic carbocycles. The molecule has 0 bridgehead atoms. The van der Waals surface area contributed by atoms with Gasteiger partial charge in [-0.3, -0.25) is 4.72 Å². The molecule has 0 saturated carbocycles. The van der Waals surface area contributed by atoms with Crippen LogP contribution < -0.4 is 10.3 Å². The van der Waals surface area contributed by atoms with Crippen molar-refractivity contribution >= 4 is 26.7 Å². The van der Waals surface area contributed by atoms with Gasteiger partial charge < -0.3 is 4.42 Å². The minimum absolute atomic E-state index is 0.0587. The molecule has 0 aliphatic rings. The van der Waals surface area contributed by atoms with Crippen LogP contribution in [0.15, 0.2) is 75.0 Å². The molecule has 0 atom stereocenters. The molecule has 0 saturated heterocycles. The number of hydrogen-bond acceptors (Lipinski definition) is 7. The SMILES string of the molecule is O=c1ccc2cc(S(=O)(=O)Nc3ccc(-n4cnnn4)cc3)ccc2o1. The second-order valence-corrected chi connectivity index (χ2v) is 7.04. The van der Waals surface area contributed by atoms with Crippen LogP contribution in [0.3, 0.4) is 0 Å². The van der Waals surface area contributed by atoms with Crippen molar-refractivity contribution in [2.24, 2.45) is 0 Å². The van der Waals surface area contributed by atoms with Gasteiger partial charge >= 0.3 is 5.63 Å². The Balaban J connectivity index is 1.62. The second-order valence-electron chi connectivity index (χ2n) is 5.36. The van der Waals surface area contributed by atoms with Gasteiger partial charge in [-0.15, -0.1) is 5.10 Å². The zero-order valence-electron chi connectivity index (χ0n) is 13.1. The second kappa shape index (κ2) is 6.08. The van der Waals surface area contributed by atoms with E-state index in [1.54, 1.807) is 24.3 Å². The van der Waals surface area contributed by atoms with Crippen molar-refractivity contribution in [2.75, 3.05) is 4.72 Å². The van der Waals surface area contributed by atoms with Gasteiger partial charge in [0.1, 0.15) is 11.9 Å². The third-order valence-electron chi connectivity index (χ3n) is 3.63. The molecule has 130 valence electrons. The molecule has 0 aliphatic heterocycles. The van der Waals surface area contributed by atoms with Crippen molar-refractivity contribution in [1.82, 2.24) is 20.2 Å². The number of rotatable bonds is 4. The average Bonchev–Trinajstić information content (AvgIpc) is 3.16. The summed E-state index contributed by atoms with van der Waals surface area (Å²) in [6, 6.07) is 13.6. The van der Waals surface area contributed by atoms with Gasteiger partial charge in [-0.1, -0.05) is 0 Å². The molecule has 2 heterocycles. The summed E-state index contributed by atoms with van der Waals surface area (Å²) < 4.78 is 34.1. The maximum Gasteiger partial charge on any atom is 0.336 e. The van der Waals surface area contributed by atoms with E-state index in [1.807, 2.05) is 0 Å². The third kappa shape index (κ3) is 3.05. The zero-order chi connectivity index (χ0) is 18.1. The monoisotopic (exact) mass is 369 g/mol. The Kier molecular flexibility index (Phi) is 3.73. The van der Waals surface area contributed by atoms with E-state index >= 15 is 0 Å². The molecule has 26 heavy (non-hydrogen) atoms. The maximum absolute atomic E-state index is 12.6. The number of anilines is 1. The van der Waals surface area contributed by atoms with Crippen molar-refractivity contribution in [3.8, 4) is 5.69 Å². The molecule has 0 amide bonds. The van der Waals surface area contributed by atoms with Gasteiger partial charge in [0, 0.05) is 17.1 Å². The molecule has 0 unspecified atom stereocenters. The van der Waals surface area contributed by atoms with E-state index in [-0.39, 0.29) is 4.90 Å². The van der Waals surface area contributed by atoms with Gasteiger partial charge in [-0.2, -0.15) is 0 Å². The van der Waals surface area contributed by atoms with Crippen molar-refractivity contribution in [3.05, 3.63) is 71.3 Å². The number of benzene rings is 2. The minimum Gasteiger partial charge on any atom is -0.423 e. The Morgan fingerprint density at radius 3 is 2.54 bits per heavy atom. The molecule has 0 radical (unpaired) electrons. The molecular formula is C16H11N5O4S. The molecule has 9 nitrogen and oxygen atoms in total. The first-order valence-corrected chi connectivity index (χ1v) is 8.90. The highest BCUT2D eigenvalue weighted by Crippen LogP contribution is 2.21. The highest BCUT2D eigenvalue weighted by molar-refractivity contribution is 7.92. The fourth-order valence-corrected chi connectivity index (χ4v) is 3.49. The van der Waals surface area contributed by atoms with Crippen LogP contribution in [0.2, 0.25) is 0 Å². The summed E-state index contributed by atoms with van der Waals surface area (Å²) in [6.07, 6.45) is 1.44. The quantitative estimate of drug-likeness (QED) is 0.542. The lowest BCUT2D eigenvalue weighted by Crippen LogP contribution is -2.13. The molecule has 0 spiro atoms. The smallest absolute Gasteiger partial charge is 0.336 e. The largest absolute Gasteiger partial charge is 0.423 e. The summed E-state index contributed by atoms with van der Waals surface area (Å²) in [5.41, 5.74) is 0.913. The van der Waals surface area contributed by atoms with E-state index in [1.165, 1.54) is 41.3 Å². The summed E-state index contributed by atoms with van der Waals surface area (Å²) >= 11 is 0. The number of sulfonamides is 1. The Morgan fingerprint density at radius 1 is 1.00 bits per heavy atom. The molecule has 10 heteroatoms. The molecule has 0 fully saturated rings. The molecule has 4 rings (SSSR count). The van der Waals surface area contributed by atoms with Crippen LogP contribution in [0, 0.1) is 0 Å². The Hall–Kier alpha value is -3.53. The standard InChI is InChI=1S/C16H11N5O4S/c22-16-8-1-11-9-14(6-7-15(11)25-16)26(23,24)18-12-2-4-13(5-3-12)21-10-17-19-20-21/h1-10,18H. The summed E-state index contributed by atoms with van der Waals surface area (Å²) in [5, 5.41) is 11.4. The number of tetrazole rings is 1. The number of nitrogens with one attached hydrogen (secondary N) is 1. The number of fused-ring (bicyclic) bond motifs is 1. The molecular weight excluding hydrogens is 358 g/mol. The van der Waals surface area contributed by atoms with Crippen LogP contribution in [-0.2, 0) is 10.0 Å². The summed E-state index contributed by atoms with van der Waals surface area (Å²) in [6.45, 7) is 0. The number of hydrogen-bond donors (Lipinski definition) is 1. The lowest BCUT2D eigenvalue weighted by atomic mass is 10.2. The first-order valence-electron chi connectivity index (χ1n) is 7.41. The Labute approximate surface area is 146 Å². The fourth-order valence-electron chi connectivity index (χ4n) is 2.39. The van der Waals surface area contributed by atoms with Crippen molar-refractivity contribution in [3.63, 3.8) is 0 Å². The number of aromatic nitrogens is 4. The van der Waals surface area contributed by atoms with Crippen LogP contribution in [-0.4, -0.2) is 28.6 Å². The van der Waals surface area contributed by atoms with Gasteiger partial charge in [-0.05, 0) is 59.0 Å². The predicted molar refractivity (Wildman–Crippen MR) is 92.4 cm³/mol. The van der Waals surface area contributed by atoms with E-state index in [0.717, 1.165) is 0 Å². The predicted octanol–water partition coefficient (Wildman–Crippen LogP) is 1.57. The summed E-state index contributed by atoms with van der Waals surface area (Å²) in [5.74, 6) is 0. The van der Waals surface area contributed by atoms with Crippen molar-refractivity contribution < 1.29 is 12.8 Å². The van der Waals surface area contributed by atoms with Crippen molar-refractivity contribution in [1.29, 1.82) is 0 Å². The average molecular weight is 369 g/mol. The van der Waals surface area contributed by atoms with Gasteiger partial charge in [-0.25, -0.2) is 17.9 Å². The maximum atomic E-state index is 12.6. The van der Waals surface area contributed by atoms with Crippen LogP contribution in [0.25, 0.3) is 16.7 Å². The highest BCUT2D eigenvalue weighted by atomic mass is 32.2. The first-order chi connectivity index (χ1) is 12.5. The Bertz CT molecular complexity index is 1230. The lowest BCUT2D eigenvalue weighted by molar-refractivity contribution is 0.560. The van der Waals surface area contributed by atoms with Crippen molar-refractivity contribution in [2.45, 2.75) is 4.90 Å². The Morgan fingerprint density at radius 2 is 1.81 bits per heavy atom. The number of nitrogens with zero attached hydrogens (tertiary/aromatic N) is 4. The zero-order valence-corrected chi connectivity index (χ0v) is 13.9. The van der Waals surface area contributed by atoms with Crippen LogP contribution in [0.4, 0.5) is 5.69 Å². The highest BCUT2D eigenvalue weighted by Gasteiger charge is 2.15. The summed E-state index contributed by atoms with van der Waals surface area (Å²) in [4.78, 5) is 11.3. The van der Waals surface area contributed by atoms with Crippen LogP contribution in [0.5, 0.6) is 0 Å². The third-order valence-corrected chi connectivity index (χ3v) is 5.01. The summed E-state index contributed by atoms with van der Waals surface area (Å²) in [7, 11) is -3.80. The van der Waals surface area contributed by atoms with Gasteiger partial charge in [0.2, 0.25) is 0 Å². The minimum atomic E-state index is -3.80. The van der Waals surface area contributed by atoms with Gasteiger partial charge in [0.15, 0.2) is 0 Å². The van der Waals surface area contributed by atoms with E-state index < -0.39 is 15.6 Å². The van der Waals surface area contributed by atoms with Crippen LogP contribution in [0.1, 0.15) is 0 Å². The van der Waals surface area contributed by atoms with E-state index in [0.29, 0.717) is 22.3 Å². The van der Waals surface area contributed by atoms with Gasteiger partial charge in [0.25, 0.3) is 10.0 Å². The van der Waals surface area contributed by atoms with Crippen LogP contribution >= 0.6 is 0 Å². The molecule has 0 aliphatic carbocycles. The fraction of sp³-hybridized carbons (Fsp3) is 0. The van der Waals surface area contributed by atoms with E-state index in [9.17, 15) is 13.2 Å². The molecule has 2 aromatic heterocycles. The lowest BCUT2D eigenvalue weighted by Gasteiger charge is -2.09.